The number of hydrogen-bond acceptors (Lipinski definition) is 0. The topological polar surface area (TPSA) is 0 Å². The van der Waals surface area contributed by atoms with E-state index in [1.807, 2.05) is 0 Å². The van der Waals surface area contributed by atoms with Crippen molar-refractivity contribution in [2.75, 3.05) is 0 Å². The van der Waals surface area contributed by atoms with Gasteiger partial charge in [-0.05, 0) is 0 Å². The van der Waals surface area contributed by atoms with Gasteiger partial charge in [0.25, 0.3) is 0 Å². The molecule has 1 heteroatoms. The van der Waals surface area contributed by atoms with Crippen LogP contribution in [-0.2, 0) is 15.1 Å². The predicted molar refractivity (Wildman–Crippen MR) is 186 cm³/mol. The molecule has 4 aromatic rings. The number of hydrogen-bond donors (Lipinski definition) is 0. The summed E-state index contributed by atoms with van der Waals surface area (Å²) in [4.78, 5) is 0. The molecule has 0 fully saturated rings. The van der Waals surface area contributed by atoms with E-state index in [0.717, 1.165) is 12.8 Å². The third-order valence-electron chi connectivity index (χ3n) is 12.3. The maximum atomic E-state index is 5.83. The average molecular weight is 719 g/mol. The zero-order valence-electron chi connectivity index (χ0n) is 26.6. The Labute approximate surface area is 248 Å². The van der Waals surface area contributed by atoms with Crippen LogP contribution in [0.3, 0.4) is 0 Å². The van der Waals surface area contributed by atoms with E-state index < -0.39 is 15.1 Å². The molecule has 0 amide bonds. The van der Waals surface area contributed by atoms with Crippen LogP contribution in [0.4, 0.5) is 0 Å². The standard InChI is InChI=1S/2C16H13.2C3H7.2CH3.CH2.Hf/c2*1-12-8-10-14(11-9-12)16-7-3-5-13-4-2-6-15(13)16;2*1-3-2;;;;/h2*2-11H,1H3;2*1,3H2,2H3;2*1H3;1H2;. The number of allylic oxidation sites excluding steroid dienone is 2. The summed E-state index contributed by atoms with van der Waals surface area (Å²) < 4.78 is 14.4. The Bertz CT molecular complexity index is 1750. The molecule has 0 radical (unpaired) electrons. The van der Waals surface area contributed by atoms with E-state index in [9.17, 15) is 0 Å². The Hall–Kier alpha value is -2.90. The second kappa shape index (κ2) is 9.06. The van der Waals surface area contributed by atoms with Crippen LogP contribution < -0.4 is 0 Å². The van der Waals surface area contributed by atoms with Crippen LogP contribution >= 0.6 is 0 Å². The van der Waals surface area contributed by atoms with Gasteiger partial charge in [-0.25, -0.2) is 0 Å². The van der Waals surface area contributed by atoms with E-state index in [0.29, 0.717) is 7.35 Å². The van der Waals surface area contributed by atoms with Gasteiger partial charge in [0.05, 0.1) is 0 Å². The Kier molecular flexibility index (Phi) is 6.29. The number of aryl methyl sites for hydroxylation is 2. The first-order valence-corrected chi connectivity index (χ1v) is 35.1. The summed E-state index contributed by atoms with van der Waals surface area (Å²) in [5.74, 6) is 0. The van der Waals surface area contributed by atoms with E-state index in [1.165, 1.54) is 64.0 Å². The Morgan fingerprint density at radius 3 is 1.31 bits per heavy atom. The SMILES string of the molecule is [CH2]=[Hf]([CH3])([CH3])([CH2]CC)([CH2]CC)([CH]1C=Cc2c(-c3ccc(C)cc3)cccc21)[CH]1C=Cc2c(-c3ccc(C)cc3)cccc21. The molecule has 2 atom stereocenters. The summed E-state index contributed by atoms with van der Waals surface area (Å²) in [7, 11) is 0. The van der Waals surface area contributed by atoms with E-state index in [2.05, 4.69) is 146 Å². The molecule has 6 rings (SSSR count). The molecule has 216 valence electrons. The van der Waals surface area contributed by atoms with Gasteiger partial charge < -0.3 is 0 Å². The zero-order chi connectivity index (χ0) is 29.9. The summed E-state index contributed by atoms with van der Waals surface area (Å²) >= 11 is -5.24. The van der Waals surface area contributed by atoms with E-state index in [1.54, 1.807) is 0 Å². The van der Waals surface area contributed by atoms with E-state index in [-0.39, 0.29) is 0 Å². The molecule has 0 saturated heterocycles. The molecule has 42 heavy (non-hydrogen) atoms. The molecule has 2 aliphatic rings. The monoisotopic (exact) mass is 720 g/mol. The van der Waals surface area contributed by atoms with E-state index >= 15 is 0 Å². The summed E-state index contributed by atoms with van der Waals surface area (Å²) in [6.45, 7) is 9.12. The second-order valence-electron chi connectivity index (χ2n) is 16.4. The van der Waals surface area contributed by atoms with Crippen molar-refractivity contribution in [3.05, 3.63) is 130 Å². The van der Waals surface area contributed by atoms with Crippen molar-refractivity contribution in [2.24, 2.45) is 0 Å². The van der Waals surface area contributed by atoms with Crippen LogP contribution in [-0.4, -0.2) is 4.26 Å². The molecule has 0 spiro atoms. The summed E-state index contributed by atoms with van der Waals surface area (Å²) in [5, 5.41) is 0. The van der Waals surface area contributed by atoms with Gasteiger partial charge in [0, 0.05) is 0 Å². The second-order valence-corrected chi connectivity index (χ2v) is 67.0. The normalized spacial score (nSPS) is 19.9. The first-order chi connectivity index (χ1) is 19.9. The van der Waals surface area contributed by atoms with Crippen molar-refractivity contribution >= 4 is 16.4 Å². The molecule has 0 saturated carbocycles. The van der Waals surface area contributed by atoms with Crippen molar-refractivity contribution in [3.63, 3.8) is 0 Å². The third-order valence-corrected chi connectivity index (χ3v) is 56.9. The summed E-state index contributed by atoms with van der Waals surface area (Å²) in [5.41, 5.74) is 13.7. The third kappa shape index (κ3) is 4.06. The number of rotatable bonds is 8. The molecule has 0 nitrogen and oxygen atoms in total. The molecule has 2 aliphatic carbocycles. The maximum absolute atomic E-state index is 5.83. The fourth-order valence-electron chi connectivity index (χ4n) is 10.2. The van der Waals surface area contributed by atoms with Crippen molar-refractivity contribution in [1.82, 2.24) is 0 Å². The quantitative estimate of drug-likeness (QED) is 0.159. The van der Waals surface area contributed by atoms with Gasteiger partial charge >= 0.3 is 250 Å². The molecule has 4 aromatic carbocycles. The minimum absolute atomic E-state index is 0.332. The summed E-state index contributed by atoms with van der Waals surface area (Å²) in [6.07, 6.45) is 12.4. The Balaban J connectivity index is 1.60. The molecule has 0 aliphatic heterocycles. The van der Waals surface area contributed by atoms with Crippen LogP contribution in [0.2, 0.25) is 17.7 Å². The average Bonchev–Trinajstić information content (AvgIpc) is 3.61. The van der Waals surface area contributed by atoms with Gasteiger partial charge in [-0.3, -0.25) is 0 Å². The first-order valence-electron chi connectivity index (χ1n) is 16.2. The van der Waals surface area contributed by atoms with Crippen LogP contribution in [0.5, 0.6) is 0 Å². The molecule has 2 unspecified atom stereocenters. The fraction of sp³-hybridized carbons (Fsp3) is 0.293. The van der Waals surface area contributed by atoms with Gasteiger partial charge in [-0.1, -0.05) is 0 Å². The van der Waals surface area contributed by atoms with Crippen molar-refractivity contribution in [2.45, 2.75) is 65.6 Å². The Morgan fingerprint density at radius 2 is 0.952 bits per heavy atom. The van der Waals surface area contributed by atoms with Gasteiger partial charge in [0.15, 0.2) is 0 Å². The molecule has 0 N–H and O–H groups in total. The van der Waals surface area contributed by atoms with Crippen molar-refractivity contribution < 1.29 is 15.1 Å². The van der Waals surface area contributed by atoms with E-state index in [4.69, 9.17) is 4.26 Å². The molecule has 0 bridgehead atoms. The summed E-state index contributed by atoms with van der Waals surface area (Å²) in [6, 6.07) is 32.1. The molecular weight excluding hydrogens is 671 g/mol. The molecule has 0 aromatic heterocycles. The first kappa shape index (κ1) is 29.2. The van der Waals surface area contributed by atoms with Gasteiger partial charge in [0.1, 0.15) is 0 Å². The van der Waals surface area contributed by atoms with Crippen LogP contribution in [0.15, 0.2) is 97.1 Å². The minimum atomic E-state index is -5.24. The number of fused-ring (bicyclic) bond motifs is 2. The van der Waals surface area contributed by atoms with Gasteiger partial charge in [-0.2, -0.15) is 0 Å². The molecule has 0 heterocycles. The van der Waals surface area contributed by atoms with Gasteiger partial charge in [0.2, 0.25) is 0 Å². The Morgan fingerprint density at radius 1 is 0.571 bits per heavy atom. The fourth-order valence-corrected chi connectivity index (χ4v) is 52.9. The van der Waals surface area contributed by atoms with Gasteiger partial charge in [-0.15, -0.1) is 0 Å². The van der Waals surface area contributed by atoms with Crippen molar-refractivity contribution in [1.29, 1.82) is 0 Å². The molecular formula is C41H48Hf. The van der Waals surface area contributed by atoms with Crippen LogP contribution in [0.1, 0.15) is 67.4 Å². The predicted octanol–water partition coefficient (Wildman–Crippen LogP) is 12.4. The number of benzene rings is 4. The van der Waals surface area contributed by atoms with Crippen LogP contribution in [0, 0.1) is 13.8 Å². The van der Waals surface area contributed by atoms with Crippen LogP contribution in [0.25, 0.3) is 34.4 Å². The zero-order valence-corrected chi connectivity index (χ0v) is 30.2. The van der Waals surface area contributed by atoms with Crippen molar-refractivity contribution in [3.8, 4) is 22.3 Å².